The maximum Gasteiger partial charge on any atom is 0.0681 e. The lowest BCUT2D eigenvalue weighted by molar-refractivity contribution is 0.107. The standard InChI is InChI=1S/C16H25NOS/c1-16(2,18)12-19-10-9-17-15-8-7-13-5-3-4-6-14(13)11-15/h3-6,15,17-18H,7-12H2,1-2H3/t15-/m1/s1. The van der Waals surface area contributed by atoms with Gasteiger partial charge in [-0.1, -0.05) is 24.3 Å². The van der Waals surface area contributed by atoms with Gasteiger partial charge in [-0.3, -0.25) is 0 Å². The monoisotopic (exact) mass is 279 g/mol. The van der Waals surface area contributed by atoms with E-state index in [0.717, 1.165) is 24.5 Å². The predicted molar refractivity (Wildman–Crippen MR) is 83.9 cm³/mol. The van der Waals surface area contributed by atoms with Crippen molar-refractivity contribution in [3.05, 3.63) is 35.4 Å². The number of nitrogens with one attached hydrogen (secondary N) is 1. The summed E-state index contributed by atoms with van der Waals surface area (Å²) < 4.78 is 0. The molecule has 0 aliphatic heterocycles. The Morgan fingerprint density at radius 2 is 2.05 bits per heavy atom. The third-order valence-corrected chi connectivity index (χ3v) is 4.88. The molecule has 2 nitrogen and oxygen atoms in total. The lowest BCUT2D eigenvalue weighted by atomic mass is 9.88. The van der Waals surface area contributed by atoms with Crippen LogP contribution in [0.3, 0.4) is 0 Å². The summed E-state index contributed by atoms with van der Waals surface area (Å²) in [5.74, 6) is 1.88. The van der Waals surface area contributed by atoms with Crippen LogP contribution in [0.4, 0.5) is 0 Å². The van der Waals surface area contributed by atoms with E-state index in [9.17, 15) is 5.11 Å². The van der Waals surface area contributed by atoms with E-state index in [2.05, 4.69) is 29.6 Å². The predicted octanol–water partition coefficient (Wildman–Crippen LogP) is 2.64. The fourth-order valence-corrected chi connectivity index (χ4v) is 3.44. The first-order chi connectivity index (χ1) is 9.04. The molecule has 0 saturated carbocycles. The average molecular weight is 279 g/mol. The minimum Gasteiger partial charge on any atom is -0.390 e. The minimum absolute atomic E-state index is 0.547. The number of hydrogen-bond acceptors (Lipinski definition) is 3. The first kappa shape index (κ1) is 14.9. The molecule has 0 aromatic heterocycles. The molecular weight excluding hydrogens is 254 g/mol. The highest BCUT2D eigenvalue weighted by Gasteiger charge is 2.17. The molecule has 0 bridgehead atoms. The molecule has 3 heteroatoms. The van der Waals surface area contributed by atoms with Crippen molar-refractivity contribution in [2.45, 2.75) is 44.8 Å². The maximum absolute atomic E-state index is 9.63. The van der Waals surface area contributed by atoms with Gasteiger partial charge in [-0.25, -0.2) is 0 Å². The molecule has 0 heterocycles. The van der Waals surface area contributed by atoms with Crippen LogP contribution in [0.1, 0.15) is 31.4 Å². The quantitative estimate of drug-likeness (QED) is 0.785. The highest BCUT2D eigenvalue weighted by atomic mass is 32.2. The highest BCUT2D eigenvalue weighted by molar-refractivity contribution is 7.99. The van der Waals surface area contributed by atoms with Gasteiger partial charge < -0.3 is 10.4 Å². The molecule has 0 radical (unpaired) electrons. The van der Waals surface area contributed by atoms with Gasteiger partial charge in [-0.2, -0.15) is 11.8 Å². The Kier molecular flexibility index (Phi) is 5.31. The molecule has 1 aliphatic rings. The molecule has 1 aromatic rings. The van der Waals surface area contributed by atoms with Crippen molar-refractivity contribution in [3.8, 4) is 0 Å². The van der Waals surface area contributed by atoms with Crippen LogP contribution in [0.2, 0.25) is 0 Å². The summed E-state index contributed by atoms with van der Waals surface area (Å²) in [6.45, 7) is 4.77. The van der Waals surface area contributed by atoms with E-state index in [1.165, 1.54) is 24.0 Å². The molecule has 2 rings (SSSR count). The highest BCUT2D eigenvalue weighted by Crippen LogP contribution is 2.21. The summed E-state index contributed by atoms with van der Waals surface area (Å²) in [5, 5.41) is 13.3. The van der Waals surface area contributed by atoms with Gasteiger partial charge >= 0.3 is 0 Å². The second-order valence-corrected chi connectivity index (χ2v) is 7.13. The second kappa shape index (κ2) is 6.78. The molecule has 106 valence electrons. The normalized spacial score (nSPS) is 19.2. The summed E-state index contributed by atoms with van der Waals surface area (Å²) in [5.41, 5.74) is 2.49. The number of aryl methyl sites for hydroxylation is 1. The van der Waals surface area contributed by atoms with E-state index >= 15 is 0 Å². The summed E-state index contributed by atoms with van der Waals surface area (Å²) >= 11 is 1.82. The van der Waals surface area contributed by atoms with Crippen molar-refractivity contribution in [3.63, 3.8) is 0 Å². The SMILES string of the molecule is CC(C)(O)CSCCN[C@@H]1CCc2ccccc2C1. The topological polar surface area (TPSA) is 32.3 Å². The van der Waals surface area contributed by atoms with Gasteiger partial charge in [-0.05, 0) is 44.2 Å². The molecule has 0 spiro atoms. The Morgan fingerprint density at radius 1 is 1.32 bits per heavy atom. The van der Waals surface area contributed by atoms with Gasteiger partial charge in [0.2, 0.25) is 0 Å². The van der Waals surface area contributed by atoms with E-state index in [1.54, 1.807) is 0 Å². The van der Waals surface area contributed by atoms with Crippen LogP contribution < -0.4 is 5.32 Å². The number of rotatable bonds is 6. The first-order valence-corrected chi connectivity index (χ1v) is 8.30. The molecule has 0 amide bonds. The minimum atomic E-state index is -0.547. The van der Waals surface area contributed by atoms with Crippen molar-refractivity contribution >= 4 is 11.8 Å². The maximum atomic E-state index is 9.63. The van der Waals surface area contributed by atoms with E-state index in [1.807, 2.05) is 25.6 Å². The third kappa shape index (κ3) is 5.17. The second-order valence-electron chi connectivity index (χ2n) is 6.03. The number of thioether (sulfide) groups is 1. The van der Waals surface area contributed by atoms with Crippen LogP contribution in [0.5, 0.6) is 0 Å². The first-order valence-electron chi connectivity index (χ1n) is 7.15. The molecular formula is C16H25NOS. The molecule has 1 aliphatic carbocycles. The van der Waals surface area contributed by atoms with E-state index < -0.39 is 5.60 Å². The van der Waals surface area contributed by atoms with Crippen LogP contribution in [0, 0.1) is 0 Å². The van der Waals surface area contributed by atoms with E-state index in [-0.39, 0.29) is 0 Å². The lowest BCUT2D eigenvalue weighted by Crippen LogP contribution is -2.36. The Bertz CT molecular complexity index is 400. The number of aliphatic hydroxyl groups is 1. The molecule has 19 heavy (non-hydrogen) atoms. The smallest absolute Gasteiger partial charge is 0.0681 e. The van der Waals surface area contributed by atoms with Gasteiger partial charge in [0.25, 0.3) is 0 Å². The van der Waals surface area contributed by atoms with Crippen molar-refractivity contribution in [2.75, 3.05) is 18.1 Å². The molecule has 1 atom stereocenters. The van der Waals surface area contributed by atoms with Crippen molar-refractivity contribution in [2.24, 2.45) is 0 Å². The average Bonchev–Trinajstić information content (AvgIpc) is 2.37. The summed E-state index contributed by atoms with van der Waals surface area (Å²) in [6, 6.07) is 9.41. The van der Waals surface area contributed by atoms with Gasteiger partial charge in [0, 0.05) is 24.1 Å². The number of hydrogen-bond donors (Lipinski definition) is 2. The molecule has 0 unspecified atom stereocenters. The van der Waals surface area contributed by atoms with Crippen LogP contribution >= 0.6 is 11.8 Å². The molecule has 0 fully saturated rings. The largest absolute Gasteiger partial charge is 0.390 e. The van der Waals surface area contributed by atoms with Crippen molar-refractivity contribution < 1.29 is 5.11 Å². The summed E-state index contributed by atoms with van der Waals surface area (Å²) in [7, 11) is 0. The third-order valence-electron chi connectivity index (χ3n) is 3.48. The zero-order valence-corrected chi connectivity index (χ0v) is 12.8. The van der Waals surface area contributed by atoms with Crippen molar-refractivity contribution in [1.82, 2.24) is 5.32 Å². The van der Waals surface area contributed by atoms with Crippen LogP contribution in [-0.4, -0.2) is 34.8 Å². The van der Waals surface area contributed by atoms with Crippen molar-refractivity contribution in [1.29, 1.82) is 0 Å². The fraction of sp³-hybridized carbons (Fsp3) is 0.625. The Hall–Kier alpha value is -0.510. The Balaban J connectivity index is 1.66. The zero-order valence-electron chi connectivity index (χ0n) is 12.0. The van der Waals surface area contributed by atoms with E-state index in [4.69, 9.17) is 0 Å². The van der Waals surface area contributed by atoms with Gasteiger partial charge in [-0.15, -0.1) is 0 Å². The lowest BCUT2D eigenvalue weighted by Gasteiger charge is -2.25. The van der Waals surface area contributed by atoms with Gasteiger partial charge in [0.15, 0.2) is 0 Å². The number of benzene rings is 1. The Labute approximate surface area is 121 Å². The van der Waals surface area contributed by atoms with Crippen LogP contribution in [0.15, 0.2) is 24.3 Å². The van der Waals surface area contributed by atoms with Gasteiger partial charge in [0.05, 0.1) is 5.60 Å². The van der Waals surface area contributed by atoms with Crippen LogP contribution in [-0.2, 0) is 12.8 Å². The molecule has 1 aromatic carbocycles. The fourth-order valence-electron chi connectivity index (χ4n) is 2.53. The summed E-state index contributed by atoms with van der Waals surface area (Å²) in [6.07, 6.45) is 3.60. The number of fused-ring (bicyclic) bond motifs is 1. The zero-order chi connectivity index (χ0) is 13.7. The summed E-state index contributed by atoms with van der Waals surface area (Å²) in [4.78, 5) is 0. The molecule has 0 saturated heterocycles. The van der Waals surface area contributed by atoms with E-state index in [0.29, 0.717) is 6.04 Å². The van der Waals surface area contributed by atoms with Gasteiger partial charge in [0.1, 0.15) is 0 Å². The Morgan fingerprint density at radius 3 is 2.79 bits per heavy atom. The van der Waals surface area contributed by atoms with Crippen LogP contribution in [0.25, 0.3) is 0 Å². The molecule has 2 N–H and O–H groups in total.